The van der Waals surface area contributed by atoms with Crippen molar-refractivity contribution < 1.29 is 19.1 Å². The van der Waals surface area contributed by atoms with Crippen molar-refractivity contribution in [2.24, 2.45) is 16.3 Å². The van der Waals surface area contributed by atoms with E-state index in [9.17, 15) is 19.3 Å². The van der Waals surface area contributed by atoms with E-state index in [0.717, 1.165) is 15.6 Å². The van der Waals surface area contributed by atoms with Crippen molar-refractivity contribution >= 4 is 51.8 Å². The summed E-state index contributed by atoms with van der Waals surface area (Å²) in [6.07, 6.45) is 0. The first-order chi connectivity index (χ1) is 11.0. The fourth-order valence-corrected chi connectivity index (χ4v) is 2.94. The van der Waals surface area contributed by atoms with Crippen LogP contribution in [0.25, 0.3) is 0 Å². The summed E-state index contributed by atoms with van der Waals surface area (Å²) in [5.74, 6) is -3.39. The fraction of sp³-hybridized carbons (Fsp3) is 0.231. The van der Waals surface area contributed by atoms with Crippen LogP contribution in [0.2, 0.25) is 0 Å². The number of nitroso groups, excluding NO2 is 1. The highest BCUT2D eigenvalue weighted by atomic mass is 127. The summed E-state index contributed by atoms with van der Waals surface area (Å²) in [7, 11) is 1.12. The zero-order chi connectivity index (χ0) is 16.7. The molecule has 0 spiro atoms. The number of halogens is 1. The summed E-state index contributed by atoms with van der Waals surface area (Å²) in [5, 5.41) is 6.79. The SMILES string of the molecule is COC(=O)C1=NN(N=O)[C@H]2C(=O)N(c3ccc(I)cc3)C(=O)[C@@H]12. The van der Waals surface area contributed by atoms with Crippen LogP contribution in [0.1, 0.15) is 0 Å². The first-order valence-electron chi connectivity index (χ1n) is 6.42. The second-order valence-electron chi connectivity index (χ2n) is 4.79. The minimum absolute atomic E-state index is 0.302. The average molecular weight is 428 g/mol. The van der Waals surface area contributed by atoms with E-state index >= 15 is 0 Å². The van der Waals surface area contributed by atoms with E-state index in [4.69, 9.17) is 0 Å². The molecule has 2 aliphatic heterocycles. The van der Waals surface area contributed by atoms with E-state index < -0.39 is 29.7 Å². The van der Waals surface area contributed by atoms with E-state index in [-0.39, 0.29) is 5.71 Å². The monoisotopic (exact) mass is 428 g/mol. The smallest absolute Gasteiger partial charge is 0.355 e. The van der Waals surface area contributed by atoms with Gasteiger partial charge in [-0.1, -0.05) is 0 Å². The minimum Gasteiger partial charge on any atom is -0.464 e. The molecule has 1 saturated heterocycles. The molecule has 1 aromatic carbocycles. The third-order valence-electron chi connectivity index (χ3n) is 3.59. The Morgan fingerprint density at radius 2 is 1.91 bits per heavy atom. The molecule has 23 heavy (non-hydrogen) atoms. The van der Waals surface area contributed by atoms with Gasteiger partial charge in [0.1, 0.15) is 5.92 Å². The largest absolute Gasteiger partial charge is 0.464 e. The number of hydrogen-bond acceptors (Lipinski definition) is 7. The fourth-order valence-electron chi connectivity index (χ4n) is 2.58. The molecule has 118 valence electrons. The van der Waals surface area contributed by atoms with Crippen LogP contribution in [0.4, 0.5) is 5.69 Å². The third kappa shape index (κ3) is 2.29. The number of anilines is 1. The van der Waals surface area contributed by atoms with Crippen molar-refractivity contribution in [3.8, 4) is 0 Å². The van der Waals surface area contributed by atoms with Gasteiger partial charge in [0.05, 0.1) is 18.1 Å². The number of esters is 1. The molecule has 3 rings (SSSR count). The molecule has 2 heterocycles. The molecule has 0 aromatic heterocycles. The Labute approximate surface area is 143 Å². The Hall–Kier alpha value is -2.37. The van der Waals surface area contributed by atoms with Gasteiger partial charge in [0, 0.05) is 3.57 Å². The van der Waals surface area contributed by atoms with Crippen LogP contribution in [0.15, 0.2) is 34.7 Å². The number of fused-ring (bicyclic) bond motifs is 1. The maximum absolute atomic E-state index is 12.6. The van der Waals surface area contributed by atoms with Crippen LogP contribution in [0.5, 0.6) is 0 Å². The summed E-state index contributed by atoms with van der Waals surface area (Å²) in [6.45, 7) is 0. The Kier molecular flexibility index (Phi) is 3.83. The van der Waals surface area contributed by atoms with Crippen LogP contribution in [-0.4, -0.2) is 41.8 Å². The molecule has 0 bridgehead atoms. The normalized spacial score (nSPS) is 23.0. The Morgan fingerprint density at radius 1 is 1.26 bits per heavy atom. The second-order valence-corrected chi connectivity index (χ2v) is 6.04. The first-order valence-corrected chi connectivity index (χ1v) is 7.50. The summed E-state index contributed by atoms with van der Waals surface area (Å²) in [6, 6.07) is 5.41. The van der Waals surface area contributed by atoms with Crippen LogP contribution >= 0.6 is 22.6 Å². The summed E-state index contributed by atoms with van der Waals surface area (Å²) < 4.78 is 5.48. The van der Waals surface area contributed by atoms with Crippen LogP contribution < -0.4 is 4.90 Å². The highest BCUT2D eigenvalue weighted by molar-refractivity contribution is 14.1. The molecule has 1 aromatic rings. The van der Waals surface area contributed by atoms with Gasteiger partial charge in [0.25, 0.3) is 5.91 Å². The number of benzene rings is 1. The highest BCUT2D eigenvalue weighted by Gasteiger charge is 2.59. The number of nitrogens with zero attached hydrogens (tertiary/aromatic N) is 4. The lowest BCUT2D eigenvalue weighted by Crippen LogP contribution is -2.36. The molecular formula is C13H9IN4O5. The van der Waals surface area contributed by atoms with Gasteiger partial charge < -0.3 is 4.74 Å². The minimum atomic E-state index is -1.26. The summed E-state index contributed by atoms with van der Waals surface area (Å²) in [5.41, 5.74) is 0.0494. The molecule has 2 atom stereocenters. The van der Waals surface area contributed by atoms with Gasteiger partial charge in [-0.15, -0.1) is 15.1 Å². The molecule has 0 unspecified atom stereocenters. The van der Waals surface area contributed by atoms with Crippen LogP contribution in [0.3, 0.4) is 0 Å². The number of ether oxygens (including phenoxy) is 1. The van der Waals surface area contributed by atoms with Gasteiger partial charge in [-0.25, -0.2) is 9.69 Å². The van der Waals surface area contributed by atoms with Crippen LogP contribution in [-0.2, 0) is 19.1 Å². The Bertz CT molecular complexity index is 747. The predicted molar refractivity (Wildman–Crippen MR) is 86.0 cm³/mol. The van der Waals surface area contributed by atoms with Gasteiger partial charge in [0.2, 0.25) is 5.91 Å². The maximum Gasteiger partial charge on any atom is 0.355 e. The lowest BCUT2D eigenvalue weighted by Gasteiger charge is -2.16. The van der Waals surface area contributed by atoms with Crippen molar-refractivity contribution in [2.75, 3.05) is 12.0 Å². The number of carbonyl (C=O) groups excluding carboxylic acids is 3. The first kappa shape index (κ1) is 15.5. The second kappa shape index (κ2) is 5.68. The van der Waals surface area contributed by atoms with Crippen LogP contribution in [0, 0.1) is 14.4 Å². The number of hydrazone groups is 1. The van der Waals surface area contributed by atoms with Crippen molar-refractivity contribution in [2.45, 2.75) is 6.04 Å². The maximum atomic E-state index is 12.6. The van der Waals surface area contributed by atoms with Gasteiger partial charge in [-0.05, 0) is 46.9 Å². The van der Waals surface area contributed by atoms with Gasteiger partial charge in [0.15, 0.2) is 11.8 Å². The molecule has 10 heteroatoms. The molecular weight excluding hydrogens is 419 g/mol. The van der Waals surface area contributed by atoms with Crippen molar-refractivity contribution in [1.82, 2.24) is 5.12 Å². The quantitative estimate of drug-likeness (QED) is 0.303. The molecule has 9 nitrogen and oxygen atoms in total. The lowest BCUT2D eigenvalue weighted by molar-refractivity contribution is -0.133. The highest BCUT2D eigenvalue weighted by Crippen LogP contribution is 2.35. The number of carbonyl (C=O) groups is 3. The third-order valence-corrected chi connectivity index (χ3v) is 4.31. The molecule has 2 amide bonds. The Balaban J connectivity index is 2.03. The predicted octanol–water partition coefficient (Wildman–Crippen LogP) is 0.675. The zero-order valence-corrected chi connectivity index (χ0v) is 13.8. The van der Waals surface area contributed by atoms with Gasteiger partial charge >= 0.3 is 5.97 Å². The Morgan fingerprint density at radius 3 is 2.48 bits per heavy atom. The molecule has 0 saturated carbocycles. The summed E-state index contributed by atoms with van der Waals surface area (Å²) >= 11 is 2.09. The standard InChI is InChI=1S/C13H9IN4O5/c1-23-13(21)9-8-10(18(15-9)16-22)12(20)17(11(8)19)7-4-2-6(14)3-5-7/h2-5,8,10H,1H3/t8-,10+/m0/s1. The van der Waals surface area contributed by atoms with E-state index in [1.54, 1.807) is 24.3 Å². The number of imide groups is 1. The zero-order valence-electron chi connectivity index (χ0n) is 11.7. The number of methoxy groups -OCH3 is 1. The number of amides is 2. The molecule has 0 aliphatic carbocycles. The number of hydrogen-bond donors (Lipinski definition) is 0. The van der Waals surface area contributed by atoms with Crippen molar-refractivity contribution in [3.63, 3.8) is 0 Å². The summed E-state index contributed by atoms with van der Waals surface area (Å²) in [4.78, 5) is 48.7. The molecule has 0 N–H and O–H groups in total. The van der Waals surface area contributed by atoms with Crippen molar-refractivity contribution in [1.29, 1.82) is 0 Å². The van der Waals surface area contributed by atoms with Crippen molar-refractivity contribution in [3.05, 3.63) is 32.7 Å². The van der Waals surface area contributed by atoms with Gasteiger partial charge in [-0.2, -0.15) is 0 Å². The molecule has 2 aliphatic rings. The van der Waals surface area contributed by atoms with E-state index in [1.807, 2.05) is 0 Å². The number of rotatable bonds is 3. The van der Waals surface area contributed by atoms with Gasteiger partial charge in [-0.3, -0.25) is 9.59 Å². The molecule has 0 radical (unpaired) electrons. The molecule has 1 fully saturated rings. The van der Waals surface area contributed by atoms with E-state index in [0.29, 0.717) is 10.8 Å². The van der Waals surface area contributed by atoms with E-state index in [2.05, 4.69) is 37.7 Å². The lowest BCUT2D eigenvalue weighted by atomic mass is 9.98. The topological polar surface area (TPSA) is 109 Å². The van der Waals surface area contributed by atoms with E-state index in [1.165, 1.54) is 0 Å². The average Bonchev–Trinajstić information content (AvgIpc) is 3.05.